The second kappa shape index (κ2) is 9.74. The first-order valence-electron chi connectivity index (χ1n) is 7.72. The Morgan fingerprint density at radius 2 is 1.96 bits per heavy atom. The van der Waals surface area contributed by atoms with Gasteiger partial charge in [-0.25, -0.2) is 10.6 Å². The van der Waals surface area contributed by atoms with Gasteiger partial charge in [-0.3, -0.25) is 5.01 Å². The van der Waals surface area contributed by atoms with Crippen molar-refractivity contribution < 1.29 is 9.53 Å². The quantitative estimate of drug-likeness (QED) is 0.585. The van der Waals surface area contributed by atoms with E-state index in [-0.39, 0.29) is 6.54 Å². The van der Waals surface area contributed by atoms with Gasteiger partial charge in [0.25, 0.3) is 0 Å². The minimum Gasteiger partial charge on any atom is -0.444 e. The molecule has 6 heteroatoms. The number of carbonyl (C=O) groups is 1. The molecule has 0 bridgehead atoms. The highest BCUT2D eigenvalue weighted by atomic mass is 16.6. The Labute approximate surface area is 139 Å². The lowest BCUT2D eigenvalue weighted by Gasteiger charge is -2.24. The molecule has 0 saturated carbocycles. The lowest BCUT2D eigenvalue weighted by molar-refractivity contribution is 0.0532. The lowest BCUT2D eigenvalue weighted by Crippen LogP contribution is -2.39. The fourth-order valence-corrected chi connectivity index (χ4v) is 1.64. The summed E-state index contributed by atoms with van der Waals surface area (Å²) < 4.78 is 5.16. The predicted molar refractivity (Wildman–Crippen MR) is 95.7 cm³/mol. The van der Waals surface area contributed by atoms with Crippen molar-refractivity contribution in [3.63, 3.8) is 0 Å². The molecule has 0 aromatic heterocycles. The van der Waals surface area contributed by atoms with Crippen molar-refractivity contribution in [3.8, 4) is 0 Å². The molecule has 0 atom stereocenters. The summed E-state index contributed by atoms with van der Waals surface area (Å²) in [5.41, 5.74) is 7.47. The van der Waals surface area contributed by atoms with Crippen LogP contribution in [0.5, 0.6) is 0 Å². The molecule has 1 aromatic carbocycles. The molecule has 0 fully saturated rings. The Kier molecular flexibility index (Phi) is 8.80. The molecule has 0 saturated heterocycles. The van der Waals surface area contributed by atoms with Gasteiger partial charge in [0.1, 0.15) is 5.60 Å². The lowest BCUT2D eigenvalue weighted by atomic mass is 10.2. The molecule has 0 aliphatic rings. The number of hydrogen-bond donors (Lipinski definition) is 3. The Bertz CT molecular complexity index is 522. The molecular weight excluding hydrogens is 292 g/mol. The maximum absolute atomic E-state index is 11.6. The average Bonchev–Trinajstić information content (AvgIpc) is 2.48. The van der Waals surface area contributed by atoms with E-state index in [1.165, 1.54) is 11.2 Å². The van der Waals surface area contributed by atoms with E-state index in [0.29, 0.717) is 5.70 Å². The fourth-order valence-electron chi connectivity index (χ4n) is 1.64. The van der Waals surface area contributed by atoms with E-state index in [4.69, 9.17) is 16.3 Å². The van der Waals surface area contributed by atoms with Crippen LogP contribution in [0, 0.1) is 6.92 Å². The van der Waals surface area contributed by atoms with Crippen molar-refractivity contribution >= 4 is 11.8 Å². The van der Waals surface area contributed by atoms with Gasteiger partial charge in [0.05, 0.1) is 17.9 Å². The molecule has 1 amide bonds. The third-order valence-corrected chi connectivity index (χ3v) is 2.59. The SMILES string of the molecule is CC.Cc1cccc(N(N)/C(=C\N)CNC(=O)OC(C)(C)C)c1. The summed E-state index contributed by atoms with van der Waals surface area (Å²) in [5.74, 6) is 6.03. The van der Waals surface area contributed by atoms with Gasteiger partial charge in [-0.1, -0.05) is 26.0 Å². The number of amides is 1. The van der Waals surface area contributed by atoms with Crippen LogP contribution in [-0.2, 0) is 4.74 Å². The smallest absolute Gasteiger partial charge is 0.407 e. The van der Waals surface area contributed by atoms with Crippen LogP contribution in [0.15, 0.2) is 36.2 Å². The number of nitrogens with two attached hydrogens (primary N) is 2. The van der Waals surface area contributed by atoms with Crippen LogP contribution < -0.4 is 21.9 Å². The van der Waals surface area contributed by atoms with E-state index in [2.05, 4.69) is 5.32 Å². The van der Waals surface area contributed by atoms with Crippen molar-refractivity contribution in [1.29, 1.82) is 0 Å². The first-order valence-corrected chi connectivity index (χ1v) is 7.72. The summed E-state index contributed by atoms with van der Waals surface area (Å²) >= 11 is 0. The van der Waals surface area contributed by atoms with Crippen molar-refractivity contribution in [3.05, 3.63) is 41.7 Å². The molecule has 1 rings (SSSR count). The monoisotopic (exact) mass is 322 g/mol. The first-order chi connectivity index (χ1) is 10.7. The van der Waals surface area contributed by atoms with E-state index < -0.39 is 11.7 Å². The second-order valence-corrected chi connectivity index (χ2v) is 5.72. The normalized spacial score (nSPS) is 11.2. The van der Waals surface area contributed by atoms with Gasteiger partial charge in [0.15, 0.2) is 0 Å². The van der Waals surface area contributed by atoms with Crippen LogP contribution in [0.1, 0.15) is 40.2 Å². The zero-order valence-corrected chi connectivity index (χ0v) is 15.0. The first kappa shape index (κ1) is 20.8. The molecule has 5 N–H and O–H groups in total. The highest BCUT2D eigenvalue weighted by Gasteiger charge is 2.17. The highest BCUT2D eigenvalue weighted by molar-refractivity contribution is 5.68. The van der Waals surface area contributed by atoms with E-state index in [1.807, 2.05) is 45.0 Å². The Hall–Kier alpha value is -2.21. The van der Waals surface area contributed by atoms with Gasteiger partial charge >= 0.3 is 6.09 Å². The fraction of sp³-hybridized carbons (Fsp3) is 0.471. The van der Waals surface area contributed by atoms with Gasteiger partial charge in [-0.15, -0.1) is 0 Å². The summed E-state index contributed by atoms with van der Waals surface area (Å²) in [5, 5.41) is 4.06. The van der Waals surface area contributed by atoms with Crippen LogP contribution in [0.2, 0.25) is 0 Å². The maximum Gasteiger partial charge on any atom is 0.407 e. The molecule has 0 aliphatic carbocycles. The van der Waals surface area contributed by atoms with Crippen molar-refractivity contribution in [2.45, 2.75) is 47.1 Å². The number of benzene rings is 1. The third-order valence-electron chi connectivity index (χ3n) is 2.59. The van der Waals surface area contributed by atoms with Gasteiger partial charge < -0.3 is 15.8 Å². The van der Waals surface area contributed by atoms with Gasteiger partial charge in [0.2, 0.25) is 0 Å². The summed E-state index contributed by atoms with van der Waals surface area (Å²) in [6.45, 7) is 11.6. The minimum atomic E-state index is -0.546. The molecule has 0 heterocycles. The summed E-state index contributed by atoms with van der Waals surface area (Å²) in [7, 11) is 0. The average molecular weight is 322 g/mol. The molecule has 1 aromatic rings. The summed E-state index contributed by atoms with van der Waals surface area (Å²) in [6, 6.07) is 7.67. The van der Waals surface area contributed by atoms with Gasteiger partial charge in [-0.2, -0.15) is 0 Å². The number of aryl methyl sites for hydroxylation is 1. The molecular formula is C17H30N4O2. The van der Waals surface area contributed by atoms with Crippen LogP contribution >= 0.6 is 0 Å². The molecule has 0 spiro atoms. The zero-order valence-electron chi connectivity index (χ0n) is 15.0. The number of nitrogens with zero attached hydrogens (tertiary/aromatic N) is 1. The number of rotatable bonds is 4. The standard InChI is InChI=1S/C15H24N4O2.C2H6/c1-11-6-5-7-12(8-11)19(17)13(9-16)10-18-14(20)21-15(2,3)4;1-2/h5-9H,10,16-17H2,1-4H3,(H,18,20);1-2H3/b13-9-;. The van der Waals surface area contributed by atoms with Crippen LogP contribution in [0.4, 0.5) is 10.5 Å². The van der Waals surface area contributed by atoms with Gasteiger partial charge in [-0.05, 0) is 45.4 Å². The van der Waals surface area contributed by atoms with E-state index in [0.717, 1.165) is 11.3 Å². The van der Waals surface area contributed by atoms with E-state index in [1.54, 1.807) is 20.8 Å². The Morgan fingerprint density at radius 1 is 1.35 bits per heavy atom. The molecule has 23 heavy (non-hydrogen) atoms. The number of anilines is 1. The number of hydrogen-bond acceptors (Lipinski definition) is 5. The van der Waals surface area contributed by atoms with Gasteiger partial charge in [0, 0.05) is 6.20 Å². The van der Waals surface area contributed by atoms with Crippen molar-refractivity contribution in [2.75, 3.05) is 11.6 Å². The van der Waals surface area contributed by atoms with Crippen molar-refractivity contribution in [2.24, 2.45) is 11.6 Å². The Morgan fingerprint density at radius 3 is 2.43 bits per heavy atom. The molecule has 6 nitrogen and oxygen atoms in total. The molecule has 0 unspecified atom stereocenters. The third kappa shape index (κ3) is 8.11. The largest absolute Gasteiger partial charge is 0.444 e. The number of alkyl carbamates (subject to hydrolysis) is 1. The molecule has 130 valence electrons. The molecule has 0 radical (unpaired) electrons. The van der Waals surface area contributed by atoms with Crippen LogP contribution in [0.3, 0.4) is 0 Å². The van der Waals surface area contributed by atoms with E-state index >= 15 is 0 Å². The summed E-state index contributed by atoms with van der Waals surface area (Å²) in [4.78, 5) is 11.6. The minimum absolute atomic E-state index is 0.176. The maximum atomic E-state index is 11.6. The number of nitrogens with one attached hydrogen (secondary N) is 1. The number of ether oxygens (including phenoxy) is 1. The molecule has 0 aliphatic heterocycles. The Balaban J connectivity index is 0.00000232. The van der Waals surface area contributed by atoms with Crippen LogP contribution in [-0.4, -0.2) is 18.2 Å². The summed E-state index contributed by atoms with van der Waals surface area (Å²) in [6.07, 6.45) is 0.846. The number of carbonyl (C=O) groups excluding carboxylic acids is 1. The zero-order chi connectivity index (χ0) is 18.0. The second-order valence-electron chi connectivity index (χ2n) is 5.72. The predicted octanol–water partition coefficient (Wildman–Crippen LogP) is 3.03. The topological polar surface area (TPSA) is 93.6 Å². The number of hydrazine groups is 1. The van der Waals surface area contributed by atoms with Crippen LogP contribution in [0.25, 0.3) is 0 Å². The van der Waals surface area contributed by atoms with E-state index in [9.17, 15) is 4.79 Å². The highest BCUT2D eigenvalue weighted by Crippen LogP contribution is 2.16. The van der Waals surface area contributed by atoms with Crippen molar-refractivity contribution in [1.82, 2.24) is 5.32 Å².